The van der Waals surface area contributed by atoms with E-state index >= 15 is 0 Å². The van der Waals surface area contributed by atoms with Crippen molar-refractivity contribution < 1.29 is 4.79 Å². The Labute approximate surface area is 89.7 Å². The molecule has 1 fully saturated rings. The Hall–Kier alpha value is -1.29. The van der Waals surface area contributed by atoms with E-state index in [9.17, 15) is 4.79 Å². The predicted molar refractivity (Wildman–Crippen MR) is 58.5 cm³/mol. The summed E-state index contributed by atoms with van der Waals surface area (Å²) in [5.41, 5.74) is 0.992. The molecule has 1 aliphatic rings. The van der Waals surface area contributed by atoms with Crippen molar-refractivity contribution in [2.24, 2.45) is 0 Å². The Morgan fingerprint density at radius 1 is 1.67 bits per heavy atom. The van der Waals surface area contributed by atoms with Gasteiger partial charge in [0.2, 0.25) is 5.91 Å². The molecule has 1 saturated heterocycles. The maximum atomic E-state index is 11.9. The van der Waals surface area contributed by atoms with Crippen LogP contribution in [0.15, 0.2) is 18.3 Å². The standard InChI is InChI=1S/C11H17N3O/c1-9-8-14(6-5-12-9)11(15)7-10-3-2-4-13-10/h2-4,9,12-13H,5-8H2,1H3. The number of aromatic amines is 1. The lowest BCUT2D eigenvalue weighted by atomic mass is 10.2. The number of aromatic nitrogens is 1. The van der Waals surface area contributed by atoms with E-state index in [1.54, 1.807) is 0 Å². The highest BCUT2D eigenvalue weighted by Crippen LogP contribution is 2.03. The number of nitrogens with zero attached hydrogens (tertiary/aromatic N) is 1. The zero-order chi connectivity index (χ0) is 10.7. The number of amides is 1. The van der Waals surface area contributed by atoms with Crippen LogP contribution in [-0.2, 0) is 11.2 Å². The van der Waals surface area contributed by atoms with Gasteiger partial charge >= 0.3 is 0 Å². The molecule has 4 nitrogen and oxygen atoms in total. The first kappa shape index (κ1) is 10.2. The number of hydrogen-bond donors (Lipinski definition) is 2. The first-order valence-electron chi connectivity index (χ1n) is 5.39. The molecule has 0 aliphatic carbocycles. The van der Waals surface area contributed by atoms with Gasteiger partial charge in [0.1, 0.15) is 0 Å². The Kier molecular flexibility index (Phi) is 3.06. The molecule has 1 unspecified atom stereocenters. The van der Waals surface area contributed by atoms with E-state index in [2.05, 4.69) is 17.2 Å². The average Bonchev–Trinajstić information content (AvgIpc) is 2.70. The normalized spacial score (nSPS) is 21.7. The van der Waals surface area contributed by atoms with Gasteiger partial charge in [-0.25, -0.2) is 0 Å². The van der Waals surface area contributed by atoms with Crippen LogP contribution in [0, 0.1) is 0 Å². The fourth-order valence-corrected chi connectivity index (χ4v) is 1.91. The summed E-state index contributed by atoms with van der Waals surface area (Å²) in [6, 6.07) is 4.28. The smallest absolute Gasteiger partial charge is 0.228 e. The largest absolute Gasteiger partial charge is 0.365 e. The second-order valence-corrected chi connectivity index (χ2v) is 4.07. The lowest BCUT2D eigenvalue weighted by Gasteiger charge is -2.31. The molecule has 15 heavy (non-hydrogen) atoms. The van der Waals surface area contributed by atoms with Crippen LogP contribution in [0.4, 0.5) is 0 Å². The molecule has 1 aliphatic heterocycles. The molecule has 0 radical (unpaired) electrons. The summed E-state index contributed by atoms with van der Waals surface area (Å²) < 4.78 is 0. The van der Waals surface area contributed by atoms with Crippen molar-refractivity contribution in [2.75, 3.05) is 19.6 Å². The van der Waals surface area contributed by atoms with Crippen molar-refractivity contribution in [3.63, 3.8) is 0 Å². The van der Waals surface area contributed by atoms with Gasteiger partial charge < -0.3 is 15.2 Å². The van der Waals surface area contributed by atoms with Crippen molar-refractivity contribution >= 4 is 5.91 Å². The Morgan fingerprint density at radius 3 is 3.20 bits per heavy atom. The number of carbonyl (C=O) groups is 1. The molecule has 0 aromatic carbocycles. The predicted octanol–water partition coefficient (Wildman–Crippen LogP) is 0.377. The molecule has 2 heterocycles. The molecule has 82 valence electrons. The van der Waals surface area contributed by atoms with E-state index in [1.165, 1.54) is 0 Å². The number of carbonyl (C=O) groups excluding carboxylic acids is 1. The highest BCUT2D eigenvalue weighted by atomic mass is 16.2. The minimum atomic E-state index is 0.214. The van der Waals surface area contributed by atoms with Gasteiger partial charge in [0.15, 0.2) is 0 Å². The molecule has 2 rings (SSSR count). The van der Waals surface area contributed by atoms with Crippen LogP contribution in [-0.4, -0.2) is 41.5 Å². The second-order valence-electron chi connectivity index (χ2n) is 4.07. The van der Waals surface area contributed by atoms with E-state index in [0.717, 1.165) is 25.3 Å². The summed E-state index contributed by atoms with van der Waals surface area (Å²) in [5.74, 6) is 0.214. The Bertz CT molecular complexity index is 321. The number of H-pyrrole nitrogens is 1. The van der Waals surface area contributed by atoms with E-state index < -0.39 is 0 Å². The van der Waals surface area contributed by atoms with E-state index in [1.807, 2.05) is 23.2 Å². The Balaban J connectivity index is 1.90. The first-order valence-corrected chi connectivity index (χ1v) is 5.39. The molecule has 0 spiro atoms. The summed E-state index contributed by atoms with van der Waals surface area (Å²) in [4.78, 5) is 16.9. The fourth-order valence-electron chi connectivity index (χ4n) is 1.91. The van der Waals surface area contributed by atoms with Gasteiger partial charge in [-0.15, -0.1) is 0 Å². The van der Waals surface area contributed by atoms with E-state index in [0.29, 0.717) is 12.5 Å². The third-order valence-electron chi connectivity index (χ3n) is 2.73. The monoisotopic (exact) mass is 207 g/mol. The van der Waals surface area contributed by atoms with E-state index in [-0.39, 0.29) is 5.91 Å². The van der Waals surface area contributed by atoms with Crippen molar-refractivity contribution in [1.82, 2.24) is 15.2 Å². The van der Waals surface area contributed by atoms with Crippen molar-refractivity contribution in [2.45, 2.75) is 19.4 Å². The molecule has 1 atom stereocenters. The van der Waals surface area contributed by atoms with Crippen LogP contribution in [0.3, 0.4) is 0 Å². The van der Waals surface area contributed by atoms with Gasteiger partial charge in [-0.05, 0) is 19.1 Å². The lowest BCUT2D eigenvalue weighted by molar-refractivity contribution is -0.131. The minimum Gasteiger partial charge on any atom is -0.365 e. The molecule has 0 saturated carbocycles. The minimum absolute atomic E-state index is 0.214. The number of nitrogens with one attached hydrogen (secondary N) is 2. The van der Waals surface area contributed by atoms with Gasteiger partial charge in [-0.2, -0.15) is 0 Å². The topological polar surface area (TPSA) is 48.1 Å². The van der Waals surface area contributed by atoms with Crippen LogP contribution in [0.2, 0.25) is 0 Å². The van der Waals surface area contributed by atoms with Gasteiger partial charge in [0.25, 0.3) is 0 Å². The third-order valence-corrected chi connectivity index (χ3v) is 2.73. The first-order chi connectivity index (χ1) is 7.25. The van der Waals surface area contributed by atoms with Gasteiger partial charge in [-0.3, -0.25) is 4.79 Å². The number of rotatable bonds is 2. The summed E-state index contributed by atoms with van der Waals surface area (Å²) in [6.07, 6.45) is 2.34. The third kappa shape index (κ3) is 2.59. The molecular weight excluding hydrogens is 190 g/mol. The summed E-state index contributed by atoms with van der Waals surface area (Å²) in [6.45, 7) is 4.65. The van der Waals surface area contributed by atoms with Crippen LogP contribution < -0.4 is 5.32 Å². The van der Waals surface area contributed by atoms with Crippen LogP contribution in [0.5, 0.6) is 0 Å². The Morgan fingerprint density at radius 2 is 2.53 bits per heavy atom. The number of hydrogen-bond acceptors (Lipinski definition) is 2. The zero-order valence-electron chi connectivity index (χ0n) is 8.99. The van der Waals surface area contributed by atoms with Gasteiger partial charge in [0, 0.05) is 37.6 Å². The second kappa shape index (κ2) is 4.49. The average molecular weight is 207 g/mol. The quantitative estimate of drug-likeness (QED) is 0.736. The van der Waals surface area contributed by atoms with Crippen LogP contribution in [0.25, 0.3) is 0 Å². The highest BCUT2D eigenvalue weighted by molar-refractivity contribution is 5.78. The van der Waals surface area contributed by atoms with Crippen molar-refractivity contribution in [1.29, 1.82) is 0 Å². The SMILES string of the molecule is CC1CN(C(=O)Cc2ccc[nH]2)CCN1. The highest BCUT2D eigenvalue weighted by Gasteiger charge is 2.20. The zero-order valence-corrected chi connectivity index (χ0v) is 8.99. The molecule has 1 aromatic rings. The van der Waals surface area contributed by atoms with Crippen molar-refractivity contribution in [3.8, 4) is 0 Å². The van der Waals surface area contributed by atoms with Gasteiger partial charge in [0.05, 0.1) is 6.42 Å². The maximum Gasteiger partial charge on any atom is 0.228 e. The summed E-state index contributed by atoms with van der Waals surface area (Å²) in [7, 11) is 0. The van der Waals surface area contributed by atoms with E-state index in [4.69, 9.17) is 0 Å². The molecule has 0 bridgehead atoms. The lowest BCUT2D eigenvalue weighted by Crippen LogP contribution is -2.51. The molecule has 4 heteroatoms. The van der Waals surface area contributed by atoms with Crippen molar-refractivity contribution in [3.05, 3.63) is 24.0 Å². The number of piperazine rings is 1. The van der Waals surface area contributed by atoms with Crippen LogP contribution >= 0.6 is 0 Å². The van der Waals surface area contributed by atoms with Crippen LogP contribution in [0.1, 0.15) is 12.6 Å². The maximum absolute atomic E-state index is 11.9. The molecule has 1 amide bonds. The molecule has 2 N–H and O–H groups in total. The van der Waals surface area contributed by atoms with Gasteiger partial charge in [-0.1, -0.05) is 0 Å². The molecule has 1 aromatic heterocycles. The summed E-state index contributed by atoms with van der Waals surface area (Å²) >= 11 is 0. The molecular formula is C11H17N3O. The fraction of sp³-hybridized carbons (Fsp3) is 0.545. The summed E-state index contributed by atoms with van der Waals surface area (Å²) in [5, 5.41) is 3.32.